The van der Waals surface area contributed by atoms with Crippen LogP contribution in [0.5, 0.6) is 0 Å². The highest BCUT2D eigenvalue weighted by molar-refractivity contribution is 7.89. The summed E-state index contributed by atoms with van der Waals surface area (Å²) in [6.45, 7) is 5.32. The molecule has 0 radical (unpaired) electrons. The fourth-order valence-corrected chi connectivity index (χ4v) is 2.83. The van der Waals surface area contributed by atoms with Crippen molar-refractivity contribution in [3.8, 4) is 0 Å². The van der Waals surface area contributed by atoms with E-state index in [1.54, 1.807) is 26.0 Å². The minimum Gasteiger partial charge on any atom is -0.368 e. The van der Waals surface area contributed by atoms with Crippen LogP contribution in [-0.4, -0.2) is 20.4 Å². The number of carbonyl (C=O) groups excluding carboxylic acids is 1. The first-order valence-electron chi connectivity index (χ1n) is 5.62. The lowest BCUT2D eigenvalue weighted by molar-refractivity contribution is -0.120. The zero-order chi connectivity index (χ0) is 13.9. The number of amides is 1. The van der Waals surface area contributed by atoms with Crippen molar-refractivity contribution in [3.63, 3.8) is 0 Å². The molecular weight excluding hydrogens is 252 g/mol. The molecule has 0 saturated carbocycles. The Labute approximate surface area is 107 Å². The van der Waals surface area contributed by atoms with Gasteiger partial charge in [-0.05, 0) is 25.0 Å². The number of nitrogens with two attached hydrogens (primary N) is 1. The molecule has 0 saturated heterocycles. The molecule has 1 atom stereocenters. The Morgan fingerprint density at radius 2 is 1.72 bits per heavy atom. The van der Waals surface area contributed by atoms with Crippen LogP contribution in [0.3, 0.4) is 0 Å². The first-order valence-corrected chi connectivity index (χ1v) is 7.10. The van der Waals surface area contributed by atoms with Gasteiger partial charge in [-0.25, -0.2) is 8.42 Å². The van der Waals surface area contributed by atoms with E-state index in [1.807, 2.05) is 6.92 Å². The molecule has 0 unspecified atom stereocenters. The number of hydrogen-bond donors (Lipinski definition) is 2. The maximum absolute atomic E-state index is 12.0. The predicted octanol–water partition coefficient (Wildman–Crippen LogP) is 0.783. The van der Waals surface area contributed by atoms with E-state index in [4.69, 9.17) is 5.73 Å². The molecule has 18 heavy (non-hydrogen) atoms. The van der Waals surface area contributed by atoms with Crippen LogP contribution in [0.2, 0.25) is 0 Å². The third kappa shape index (κ3) is 3.54. The van der Waals surface area contributed by atoms with Gasteiger partial charge >= 0.3 is 0 Å². The van der Waals surface area contributed by atoms with E-state index in [1.165, 1.54) is 12.1 Å². The van der Waals surface area contributed by atoms with Gasteiger partial charge in [0.25, 0.3) is 0 Å². The van der Waals surface area contributed by atoms with Crippen molar-refractivity contribution < 1.29 is 13.2 Å². The van der Waals surface area contributed by atoms with Gasteiger partial charge in [0.05, 0.1) is 4.90 Å². The summed E-state index contributed by atoms with van der Waals surface area (Å²) >= 11 is 0. The lowest BCUT2D eigenvalue weighted by Gasteiger charge is -2.18. The van der Waals surface area contributed by atoms with Crippen molar-refractivity contribution in [1.29, 1.82) is 0 Å². The van der Waals surface area contributed by atoms with Gasteiger partial charge < -0.3 is 5.73 Å². The SMILES string of the molecule is Cc1ccc(S(=O)(=O)N[C@H](C(N)=O)C(C)C)cc1. The first-order chi connectivity index (χ1) is 8.24. The lowest BCUT2D eigenvalue weighted by Crippen LogP contribution is -2.47. The largest absolute Gasteiger partial charge is 0.368 e. The zero-order valence-electron chi connectivity index (χ0n) is 10.7. The topological polar surface area (TPSA) is 89.3 Å². The normalized spacial score (nSPS) is 13.6. The van der Waals surface area contributed by atoms with Crippen molar-refractivity contribution in [2.24, 2.45) is 11.7 Å². The maximum Gasteiger partial charge on any atom is 0.241 e. The number of primary amides is 1. The quantitative estimate of drug-likeness (QED) is 0.828. The second-order valence-corrected chi connectivity index (χ2v) is 6.27. The van der Waals surface area contributed by atoms with Crippen LogP contribution in [0, 0.1) is 12.8 Å². The van der Waals surface area contributed by atoms with Gasteiger partial charge in [-0.15, -0.1) is 0 Å². The summed E-state index contributed by atoms with van der Waals surface area (Å²) in [5, 5.41) is 0. The van der Waals surface area contributed by atoms with Crippen molar-refractivity contribution in [2.75, 3.05) is 0 Å². The average Bonchev–Trinajstić information content (AvgIpc) is 2.26. The Kier molecular flexibility index (Phi) is 4.48. The van der Waals surface area contributed by atoms with Crippen LogP contribution in [0.15, 0.2) is 29.2 Å². The van der Waals surface area contributed by atoms with E-state index in [9.17, 15) is 13.2 Å². The standard InChI is InChI=1S/C12H18N2O3S/c1-8(2)11(12(13)15)14-18(16,17)10-6-4-9(3)5-7-10/h4-8,11,14H,1-3H3,(H2,13,15)/t11-/m0/s1. The molecule has 0 bridgehead atoms. The van der Waals surface area contributed by atoms with Crippen molar-refractivity contribution in [1.82, 2.24) is 4.72 Å². The first kappa shape index (κ1) is 14.7. The van der Waals surface area contributed by atoms with E-state index >= 15 is 0 Å². The highest BCUT2D eigenvalue weighted by Gasteiger charge is 2.26. The van der Waals surface area contributed by atoms with Crippen LogP contribution in [0.25, 0.3) is 0 Å². The molecule has 0 spiro atoms. The van der Waals surface area contributed by atoms with Crippen LogP contribution in [0.4, 0.5) is 0 Å². The number of nitrogens with one attached hydrogen (secondary N) is 1. The van der Waals surface area contributed by atoms with Crippen LogP contribution >= 0.6 is 0 Å². The lowest BCUT2D eigenvalue weighted by atomic mass is 10.1. The number of sulfonamides is 1. The smallest absolute Gasteiger partial charge is 0.241 e. The molecule has 0 aliphatic carbocycles. The van der Waals surface area contributed by atoms with E-state index < -0.39 is 22.0 Å². The molecule has 0 heterocycles. The fraction of sp³-hybridized carbons (Fsp3) is 0.417. The van der Waals surface area contributed by atoms with Crippen molar-refractivity contribution >= 4 is 15.9 Å². The molecule has 6 heteroatoms. The average molecular weight is 270 g/mol. The second kappa shape index (κ2) is 5.49. The fourth-order valence-electron chi connectivity index (χ4n) is 1.48. The molecular formula is C12H18N2O3S. The minimum atomic E-state index is -3.72. The molecule has 5 nitrogen and oxygen atoms in total. The van der Waals surface area contributed by atoms with E-state index in [-0.39, 0.29) is 10.8 Å². The Morgan fingerprint density at radius 1 is 1.22 bits per heavy atom. The number of rotatable bonds is 5. The Bertz CT molecular complexity index is 521. The summed E-state index contributed by atoms with van der Waals surface area (Å²) in [6, 6.07) is 5.48. The minimum absolute atomic E-state index is 0.125. The van der Waals surface area contributed by atoms with Gasteiger partial charge in [0.15, 0.2) is 0 Å². The number of carbonyl (C=O) groups is 1. The monoisotopic (exact) mass is 270 g/mol. The predicted molar refractivity (Wildman–Crippen MR) is 69.3 cm³/mol. The Morgan fingerprint density at radius 3 is 2.11 bits per heavy atom. The zero-order valence-corrected chi connectivity index (χ0v) is 11.5. The Hall–Kier alpha value is -1.40. The molecule has 0 aliphatic heterocycles. The van der Waals surface area contributed by atoms with Crippen LogP contribution in [-0.2, 0) is 14.8 Å². The summed E-state index contributed by atoms with van der Waals surface area (Å²) in [4.78, 5) is 11.3. The maximum atomic E-state index is 12.0. The highest BCUT2D eigenvalue weighted by Crippen LogP contribution is 2.12. The van der Waals surface area contributed by atoms with Gasteiger partial charge in [-0.3, -0.25) is 4.79 Å². The molecule has 1 rings (SSSR count). The Balaban J connectivity index is 3.01. The molecule has 0 aliphatic rings. The third-order valence-electron chi connectivity index (χ3n) is 2.59. The third-order valence-corrected chi connectivity index (χ3v) is 4.04. The van der Waals surface area contributed by atoms with Gasteiger partial charge in [0.1, 0.15) is 6.04 Å². The molecule has 1 aromatic rings. The molecule has 1 aromatic carbocycles. The van der Waals surface area contributed by atoms with Crippen LogP contribution in [0.1, 0.15) is 19.4 Å². The number of aryl methyl sites for hydroxylation is 1. The molecule has 100 valence electrons. The van der Waals surface area contributed by atoms with Crippen LogP contribution < -0.4 is 10.5 Å². The van der Waals surface area contributed by atoms with E-state index in [0.717, 1.165) is 5.56 Å². The van der Waals surface area contributed by atoms with Gasteiger partial charge in [-0.1, -0.05) is 31.5 Å². The van der Waals surface area contributed by atoms with Crippen molar-refractivity contribution in [2.45, 2.75) is 31.7 Å². The van der Waals surface area contributed by atoms with E-state index in [0.29, 0.717) is 0 Å². The van der Waals surface area contributed by atoms with Crippen molar-refractivity contribution in [3.05, 3.63) is 29.8 Å². The molecule has 0 aromatic heterocycles. The highest BCUT2D eigenvalue weighted by atomic mass is 32.2. The number of benzene rings is 1. The molecule has 3 N–H and O–H groups in total. The molecule has 1 amide bonds. The summed E-state index contributed by atoms with van der Waals surface area (Å²) < 4.78 is 26.4. The van der Waals surface area contributed by atoms with Gasteiger partial charge in [0.2, 0.25) is 15.9 Å². The van der Waals surface area contributed by atoms with Gasteiger partial charge in [0, 0.05) is 0 Å². The number of hydrogen-bond acceptors (Lipinski definition) is 3. The second-order valence-electron chi connectivity index (χ2n) is 4.56. The summed E-state index contributed by atoms with van der Waals surface area (Å²) in [5.41, 5.74) is 6.14. The van der Waals surface area contributed by atoms with E-state index in [2.05, 4.69) is 4.72 Å². The molecule has 0 fully saturated rings. The summed E-state index contributed by atoms with van der Waals surface area (Å²) in [6.07, 6.45) is 0. The van der Waals surface area contributed by atoms with Gasteiger partial charge in [-0.2, -0.15) is 4.72 Å². The summed E-state index contributed by atoms with van der Waals surface area (Å²) in [5.74, 6) is -0.886. The summed E-state index contributed by atoms with van der Waals surface area (Å²) in [7, 11) is -3.72.